The summed E-state index contributed by atoms with van der Waals surface area (Å²) in [6.45, 7) is -2.89. The molecule has 0 unspecified atom stereocenters. The number of nitrogens with one attached hydrogen (secondary N) is 1. The summed E-state index contributed by atoms with van der Waals surface area (Å²) in [5, 5.41) is 11.4. The molecule has 0 aliphatic carbocycles. The van der Waals surface area contributed by atoms with Gasteiger partial charge < -0.3 is 14.2 Å². The molecular formula is C18H15F2N3O4S. The highest BCUT2D eigenvalue weighted by Crippen LogP contribution is 2.31. The number of carbonyl (C=O) groups excluding carboxylic acids is 1. The molecule has 0 fully saturated rings. The quantitative estimate of drug-likeness (QED) is 0.636. The van der Waals surface area contributed by atoms with Gasteiger partial charge in [-0.15, -0.1) is 10.2 Å². The molecule has 1 amide bonds. The van der Waals surface area contributed by atoms with Crippen LogP contribution < -0.4 is 19.5 Å². The van der Waals surface area contributed by atoms with Gasteiger partial charge >= 0.3 is 6.61 Å². The van der Waals surface area contributed by atoms with Crippen LogP contribution in [0, 0.1) is 0 Å². The number of aromatic nitrogens is 2. The van der Waals surface area contributed by atoms with Crippen molar-refractivity contribution in [2.24, 2.45) is 0 Å². The fourth-order valence-electron chi connectivity index (χ4n) is 2.40. The van der Waals surface area contributed by atoms with E-state index in [2.05, 4.69) is 20.3 Å². The van der Waals surface area contributed by atoms with E-state index >= 15 is 0 Å². The summed E-state index contributed by atoms with van der Waals surface area (Å²) in [7, 11) is 2.91. The molecule has 0 aliphatic rings. The zero-order valence-electron chi connectivity index (χ0n) is 14.8. The highest BCUT2D eigenvalue weighted by molar-refractivity contribution is 7.18. The van der Waals surface area contributed by atoms with Crippen LogP contribution in [0.15, 0.2) is 42.5 Å². The van der Waals surface area contributed by atoms with Gasteiger partial charge in [0.25, 0.3) is 5.91 Å². The first-order chi connectivity index (χ1) is 13.5. The van der Waals surface area contributed by atoms with Crippen LogP contribution in [0.5, 0.6) is 17.2 Å². The van der Waals surface area contributed by atoms with E-state index in [0.29, 0.717) is 22.1 Å². The van der Waals surface area contributed by atoms with Crippen molar-refractivity contribution in [2.45, 2.75) is 6.61 Å². The third-order valence-electron chi connectivity index (χ3n) is 3.63. The number of carbonyl (C=O) groups is 1. The fraction of sp³-hybridized carbons (Fsp3) is 0.167. The monoisotopic (exact) mass is 407 g/mol. The zero-order valence-corrected chi connectivity index (χ0v) is 15.6. The number of methoxy groups -OCH3 is 2. The molecule has 1 aromatic heterocycles. The summed E-state index contributed by atoms with van der Waals surface area (Å²) in [5.74, 6) is 0.296. The van der Waals surface area contributed by atoms with Gasteiger partial charge in [-0.2, -0.15) is 8.78 Å². The molecule has 0 radical (unpaired) electrons. The largest absolute Gasteiger partial charge is 0.496 e. The van der Waals surface area contributed by atoms with Crippen LogP contribution in [0.4, 0.5) is 13.9 Å². The Balaban J connectivity index is 1.77. The molecule has 0 spiro atoms. The smallest absolute Gasteiger partial charge is 0.387 e. The molecule has 0 saturated carbocycles. The van der Waals surface area contributed by atoms with Gasteiger partial charge in [0.2, 0.25) is 5.13 Å². The molecule has 0 atom stereocenters. The maximum absolute atomic E-state index is 12.6. The van der Waals surface area contributed by atoms with Gasteiger partial charge in [0, 0.05) is 5.56 Å². The number of alkyl halides is 2. The number of amides is 1. The minimum atomic E-state index is -2.89. The van der Waals surface area contributed by atoms with Gasteiger partial charge in [-0.3, -0.25) is 10.1 Å². The molecular weight excluding hydrogens is 392 g/mol. The first-order valence-corrected chi connectivity index (χ1v) is 8.74. The number of rotatable bonds is 7. The molecule has 0 bridgehead atoms. The Morgan fingerprint density at radius 3 is 2.25 bits per heavy atom. The van der Waals surface area contributed by atoms with Crippen molar-refractivity contribution >= 4 is 22.4 Å². The predicted octanol–water partition coefficient (Wildman–Crippen LogP) is 4.08. The van der Waals surface area contributed by atoms with Gasteiger partial charge in [-0.1, -0.05) is 17.4 Å². The lowest BCUT2D eigenvalue weighted by molar-refractivity contribution is -0.0498. The molecule has 1 heterocycles. The van der Waals surface area contributed by atoms with E-state index in [1.807, 2.05) is 0 Å². The Kier molecular flexibility index (Phi) is 5.99. The molecule has 3 aromatic rings. The Hall–Kier alpha value is -3.27. The molecule has 0 aliphatic heterocycles. The van der Waals surface area contributed by atoms with Crippen LogP contribution in [0.25, 0.3) is 10.6 Å². The maximum Gasteiger partial charge on any atom is 0.387 e. The minimum Gasteiger partial charge on any atom is -0.496 e. The van der Waals surface area contributed by atoms with Crippen LogP contribution in [0.2, 0.25) is 0 Å². The normalized spacial score (nSPS) is 10.6. The van der Waals surface area contributed by atoms with Gasteiger partial charge in [-0.05, 0) is 36.4 Å². The summed E-state index contributed by atoms with van der Waals surface area (Å²) in [4.78, 5) is 12.6. The molecule has 1 N–H and O–H groups in total. The van der Waals surface area contributed by atoms with Gasteiger partial charge in [-0.25, -0.2) is 0 Å². The Morgan fingerprint density at radius 2 is 1.68 bits per heavy atom. The molecule has 146 valence electrons. The van der Waals surface area contributed by atoms with E-state index in [1.54, 1.807) is 30.3 Å². The van der Waals surface area contributed by atoms with Crippen molar-refractivity contribution in [3.63, 3.8) is 0 Å². The number of anilines is 1. The van der Waals surface area contributed by atoms with E-state index in [0.717, 1.165) is 11.3 Å². The lowest BCUT2D eigenvalue weighted by Gasteiger charge is -2.11. The molecule has 10 heteroatoms. The third kappa shape index (κ3) is 4.34. The van der Waals surface area contributed by atoms with E-state index in [1.165, 1.54) is 26.4 Å². The van der Waals surface area contributed by atoms with Crippen LogP contribution >= 0.6 is 11.3 Å². The number of halogens is 2. The second-order valence-electron chi connectivity index (χ2n) is 5.31. The van der Waals surface area contributed by atoms with E-state index < -0.39 is 12.5 Å². The number of benzene rings is 2. The van der Waals surface area contributed by atoms with Crippen LogP contribution in [0.1, 0.15) is 10.4 Å². The first-order valence-electron chi connectivity index (χ1n) is 7.93. The van der Waals surface area contributed by atoms with Crippen molar-refractivity contribution in [2.75, 3.05) is 19.5 Å². The van der Waals surface area contributed by atoms with E-state index in [4.69, 9.17) is 9.47 Å². The second-order valence-corrected chi connectivity index (χ2v) is 6.28. The minimum absolute atomic E-state index is 0.0417. The molecule has 0 saturated heterocycles. The Morgan fingerprint density at radius 1 is 1.04 bits per heavy atom. The number of nitrogens with zero attached hydrogens (tertiary/aromatic N) is 2. The number of hydrogen-bond acceptors (Lipinski definition) is 7. The van der Waals surface area contributed by atoms with Gasteiger partial charge in [0.05, 0.1) is 14.2 Å². The Labute approximate surface area is 162 Å². The lowest BCUT2D eigenvalue weighted by atomic mass is 10.1. The zero-order chi connectivity index (χ0) is 20.1. The van der Waals surface area contributed by atoms with Gasteiger partial charge in [0.15, 0.2) is 0 Å². The topological polar surface area (TPSA) is 82.6 Å². The molecule has 7 nitrogen and oxygen atoms in total. The SMILES string of the molecule is COc1cccc(OC)c1C(=O)Nc1nnc(-c2ccc(OC(F)F)cc2)s1. The third-order valence-corrected chi connectivity index (χ3v) is 4.51. The average molecular weight is 407 g/mol. The molecule has 2 aromatic carbocycles. The van der Waals surface area contributed by atoms with Crippen molar-refractivity contribution in [3.05, 3.63) is 48.0 Å². The summed E-state index contributed by atoms with van der Waals surface area (Å²) >= 11 is 1.13. The van der Waals surface area contributed by atoms with Crippen molar-refractivity contribution in [1.82, 2.24) is 10.2 Å². The maximum atomic E-state index is 12.6. The highest BCUT2D eigenvalue weighted by atomic mass is 32.1. The van der Waals surface area contributed by atoms with Crippen molar-refractivity contribution in [1.29, 1.82) is 0 Å². The number of ether oxygens (including phenoxy) is 3. The molecule has 3 rings (SSSR count). The Bertz CT molecular complexity index is 941. The van der Waals surface area contributed by atoms with Crippen LogP contribution in [-0.2, 0) is 0 Å². The molecule has 28 heavy (non-hydrogen) atoms. The lowest BCUT2D eigenvalue weighted by Crippen LogP contribution is -2.14. The average Bonchev–Trinajstić information content (AvgIpc) is 3.15. The van der Waals surface area contributed by atoms with Crippen LogP contribution in [0.3, 0.4) is 0 Å². The predicted molar refractivity (Wildman–Crippen MR) is 99.5 cm³/mol. The highest BCUT2D eigenvalue weighted by Gasteiger charge is 2.20. The fourth-order valence-corrected chi connectivity index (χ4v) is 3.15. The van der Waals surface area contributed by atoms with Crippen LogP contribution in [-0.4, -0.2) is 36.9 Å². The summed E-state index contributed by atoms with van der Waals surface area (Å²) in [5.41, 5.74) is 0.882. The van der Waals surface area contributed by atoms with Crippen molar-refractivity contribution in [3.8, 4) is 27.8 Å². The first kappa shape index (κ1) is 19.5. The van der Waals surface area contributed by atoms with E-state index in [-0.39, 0.29) is 16.4 Å². The van der Waals surface area contributed by atoms with Gasteiger partial charge in [0.1, 0.15) is 27.8 Å². The second kappa shape index (κ2) is 8.61. The summed E-state index contributed by atoms with van der Waals surface area (Å²) in [6, 6.07) is 11.0. The summed E-state index contributed by atoms with van der Waals surface area (Å²) < 4.78 is 39.2. The summed E-state index contributed by atoms with van der Waals surface area (Å²) in [6.07, 6.45) is 0. The number of hydrogen-bond donors (Lipinski definition) is 1. The van der Waals surface area contributed by atoms with Crippen molar-refractivity contribution < 1.29 is 27.8 Å². The van der Waals surface area contributed by atoms with E-state index in [9.17, 15) is 13.6 Å². The standard InChI is InChI=1S/C18H15F2N3O4S/c1-25-12-4-3-5-13(26-2)14(12)15(24)21-18-23-22-16(28-18)10-6-8-11(9-7-10)27-17(19)20/h3-9,17H,1-2H3,(H,21,23,24).